The van der Waals surface area contributed by atoms with E-state index in [1.54, 1.807) is 4.72 Å². The van der Waals surface area contributed by atoms with Crippen LogP contribution in [0.3, 0.4) is 0 Å². The summed E-state index contributed by atoms with van der Waals surface area (Å²) in [4.78, 5) is 16.6. The average Bonchev–Trinajstić information content (AvgIpc) is 2.37. The maximum Gasteiger partial charge on any atom is 0.358 e. The number of nitrogens with zero attached hydrogens (tertiary/aromatic N) is 2. The van der Waals surface area contributed by atoms with Gasteiger partial charge in [0.1, 0.15) is 11.6 Å². The molecule has 1 aromatic carbocycles. The van der Waals surface area contributed by atoms with Crippen LogP contribution in [-0.4, -0.2) is 29.5 Å². The van der Waals surface area contributed by atoms with E-state index in [2.05, 4.69) is 9.97 Å². The molecule has 0 fully saturated rings. The fourth-order valence-electron chi connectivity index (χ4n) is 1.49. The van der Waals surface area contributed by atoms with Gasteiger partial charge in [0.2, 0.25) is 0 Å². The summed E-state index contributed by atoms with van der Waals surface area (Å²) in [7, 11) is -4.70. The molecule has 0 saturated carbocycles. The van der Waals surface area contributed by atoms with Gasteiger partial charge in [-0.3, -0.25) is 4.72 Å². The molecular formula is C11H7F2N3O4S. The van der Waals surface area contributed by atoms with Gasteiger partial charge in [0.25, 0.3) is 10.0 Å². The molecule has 0 amide bonds. The molecule has 1 heterocycles. The summed E-state index contributed by atoms with van der Waals surface area (Å²) in [5.74, 6) is -4.83. The van der Waals surface area contributed by atoms with Gasteiger partial charge in [-0.1, -0.05) is 6.07 Å². The second-order valence-corrected chi connectivity index (χ2v) is 5.33. The van der Waals surface area contributed by atoms with Gasteiger partial charge in [-0.05, 0) is 12.1 Å². The normalized spacial score (nSPS) is 11.1. The van der Waals surface area contributed by atoms with Crippen molar-refractivity contribution in [2.75, 3.05) is 4.72 Å². The first-order valence-corrected chi connectivity index (χ1v) is 6.82. The van der Waals surface area contributed by atoms with Crippen molar-refractivity contribution in [2.45, 2.75) is 4.90 Å². The van der Waals surface area contributed by atoms with E-state index in [0.717, 1.165) is 30.6 Å². The number of aromatic carboxylic acids is 1. The smallest absolute Gasteiger partial charge is 0.358 e. The molecule has 0 saturated heterocycles. The molecular weight excluding hydrogens is 308 g/mol. The number of anilines is 1. The highest BCUT2D eigenvalue weighted by Gasteiger charge is 2.26. The molecule has 0 radical (unpaired) electrons. The minimum Gasteiger partial charge on any atom is -0.476 e. The van der Waals surface area contributed by atoms with E-state index in [0.29, 0.717) is 0 Å². The fraction of sp³-hybridized carbons (Fsp3) is 0. The summed E-state index contributed by atoms with van der Waals surface area (Å²) in [6, 6.07) is 2.51. The van der Waals surface area contributed by atoms with Crippen LogP contribution in [0, 0.1) is 11.6 Å². The summed E-state index contributed by atoms with van der Waals surface area (Å²) < 4.78 is 52.6. The van der Waals surface area contributed by atoms with Crippen LogP contribution in [0.5, 0.6) is 0 Å². The van der Waals surface area contributed by atoms with Crippen LogP contribution in [0.4, 0.5) is 14.6 Å². The number of carboxylic acid groups (broad SMARTS) is 1. The number of benzene rings is 1. The summed E-state index contributed by atoms with van der Waals surface area (Å²) in [6.45, 7) is 0. The third-order valence-corrected chi connectivity index (χ3v) is 3.71. The van der Waals surface area contributed by atoms with Crippen molar-refractivity contribution < 1.29 is 27.1 Å². The first kappa shape index (κ1) is 14.8. The second-order valence-electron chi connectivity index (χ2n) is 3.71. The highest BCUT2D eigenvalue weighted by atomic mass is 32.2. The highest BCUT2D eigenvalue weighted by Crippen LogP contribution is 2.21. The Kier molecular flexibility index (Phi) is 3.80. The quantitative estimate of drug-likeness (QED) is 0.879. The number of halogens is 2. The van der Waals surface area contributed by atoms with Crippen LogP contribution in [0.25, 0.3) is 0 Å². The zero-order chi connectivity index (χ0) is 15.6. The van der Waals surface area contributed by atoms with Crippen LogP contribution in [0.1, 0.15) is 10.5 Å². The minimum absolute atomic E-state index is 0.646. The standard InChI is InChI=1S/C11H7F2N3O4S/c12-6-2-1-3-7(13)9(6)21(19,20)16-10-8(11(17)18)14-4-5-15-10/h1-5H,(H,15,16)(H,17,18). The lowest BCUT2D eigenvalue weighted by molar-refractivity contribution is 0.0691. The largest absolute Gasteiger partial charge is 0.476 e. The maximum absolute atomic E-state index is 13.5. The lowest BCUT2D eigenvalue weighted by Gasteiger charge is -2.10. The van der Waals surface area contributed by atoms with E-state index in [1.807, 2.05) is 0 Å². The fourth-order valence-corrected chi connectivity index (χ4v) is 2.64. The van der Waals surface area contributed by atoms with Crippen molar-refractivity contribution in [3.05, 3.63) is 47.9 Å². The van der Waals surface area contributed by atoms with Crippen molar-refractivity contribution in [3.63, 3.8) is 0 Å². The summed E-state index contributed by atoms with van der Waals surface area (Å²) in [5.41, 5.74) is -0.696. The summed E-state index contributed by atoms with van der Waals surface area (Å²) >= 11 is 0. The molecule has 0 unspecified atom stereocenters. The Morgan fingerprint density at radius 1 is 1.14 bits per heavy atom. The van der Waals surface area contributed by atoms with Gasteiger partial charge in [-0.15, -0.1) is 0 Å². The number of rotatable bonds is 4. The number of hydrogen-bond acceptors (Lipinski definition) is 5. The maximum atomic E-state index is 13.5. The van der Waals surface area contributed by atoms with Crippen molar-refractivity contribution >= 4 is 21.8 Å². The lowest BCUT2D eigenvalue weighted by Crippen LogP contribution is -2.19. The Balaban J connectivity index is 2.51. The summed E-state index contributed by atoms with van der Waals surface area (Å²) in [6.07, 6.45) is 2.06. The van der Waals surface area contributed by atoms with Crippen LogP contribution in [0.15, 0.2) is 35.5 Å². The first-order chi connectivity index (χ1) is 9.83. The highest BCUT2D eigenvalue weighted by molar-refractivity contribution is 7.92. The van der Waals surface area contributed by atoms with E-state index in [1.165, 1.54) is 0 Å². The van der Waals surface area contributed by atoms with Crippen LogP contribution < -0.4 is 4.72 Å². The van der Waals surface area contributed by atoms with E-state index in [9.17, 15) is 22.0 Å². The Morgan fingerprint density at radius 2 is 1.71 bits per heavy atom. The van der Waals surface area contributed by atoms with Crippen molar-refractivity contribution in [2.24, 2.45) is 0 Å². The van der Waals surface area contributed by atoms with Crippen LogP contribution in [-0.2, 0) is 10.0 Å². The van der Waals surface area contributed by atoms with E-state index >= 15 is 0 Å². The van der Waals surface area contributed by atoms with E-state index in [4.69, 9.17) is 5.11 Å². The zero-order valence-corrected chi connectivity index (χ0v) is 10.9. The molecule has 10 heteroatoms. The second kappa shape index (κ2) is 5.40. The zero-order valence-electron chi connectivity index (χ0n) is 10.1. The molecule has 110 valence electrons. The van der Waals surface area contributed by atoms with E-state index < -0.39 is 44.0 Å². The van der Waals surface area contributed by atoms with Crippen molar-refractivity contribution in [3.8, 4) is 0 Å². The lowest BCUT2D eigenvalue weighted by atomic mass is 10.3. The first-order valence-electron chi connectivity index (χ1n) is 5.34. The minimum atomic E-state index is -4.70. The summed E-state index contributed by atoms with van der Waals surface area (Å²) in [5, 5.41) is 8.86. The topological polar surface area (TPSA) is 109 Å². The molecule has 0 spiro atoms. The van der Waals surface area contributed by atoms with Gasteiger partial charge in [-0.25, -0.2) is 32.0 Å². The number of carboxylic acids is 1. The predicted molar refractivity (Wildman–Crippen MR) is 66.2 cm³/mol. The molecule has 0 aliphatic carbocycles. The molecule has 7 nitrogen and oxygen atoms in total. The number of hydrogen-bond donors (Lipinski definition) is 2. The Bertz CT molecular complexity index is 791. The molecule has 2 aromatic rings. The van der Waals surface area contributed by atoms with Gasteiger partial charge < -0.3 is 5.11 Å². The number of carbonyl (C=O) groups is 1. The van der Waals surface area contributed by atoms with Gasteiger partial charge in [-0.2, -0.15) is 0 Å². The third-order valence-electron chi connectivity index (χ3n) is 2.32. The van der Waals surface area contributed by atoms with Crippen molar-refractivity contribution in [1.82, 2.24) is 9.97 Å². The Morgan fingerprint density at radius 3 is 2.29 bits per heavy atom. The van der Waals surface area contributed by atoms with Gasteiger partial charge in [0.05, 0.1) is 0 Å². The van der Waals surface area contributed by atoms with Crippen molar-refractivity contribution in [1.29, 1.82) is 0 Å². The molecule has 2 N–H and O–H groups in total. The van der Waals surface area contributed by atoms with Gasteiger partial charge >= 0.3 is 5.97 Å². The molecule has 0 bridgehead atoms. The monoisotopic (exact) mass is 315 g/mol. The molecule has 0 atom stereocenters. The predicted octanol–water partition coefficient (Wildman–Crippen LogP) is 1.25. The Hall–Kier alpha value is -2.62. The number of aromatic nitrogens is 2. The molecule has 1 aromatic heterocycles. The molecule has 21 heavy (non-hydrogen) atoms. The van der Waals surface area contributed by atoms with Crippen LogP contribution >= 0.6 is 0 Å². The third kappa shape index (κ3) is 2.94. The molecule has 2 rings (SSSR count). The number of nitrogens with one attached hydrogen (secondary N) is 1. The van der Waals surface area contributed by atoms with Crippen LogP contribution in [0.2, 0.25) is 0 Å². The Labute approximate surface area is 117 Å². The van der Waals surface area contributed by atoms with E-state index in [-0.39, 0.29) is 0 Å². The van der Waals surface area contributed by atoms with Gasteiger partial charge in [0.15, 0.2) is 16.4 Å². The van der Waals surface area contributed by atoms with Gasteiger partial charge in [0, 0.05) is 12.4 Å². The number of sulfonamides is 1. The average molecular weight is 315 g/mol. The molecule has 0 aliphatic rings. The molecule has 0 aliphatic heterocycles. The SMILES string of the molecule is O=C(O)c1nccnc1NS(=O)(=O)c1c(F)cccc1F.